The first kappa shape index (κ1) is 12.2. The molecule has 1 amide bonds. The topological polar surface area (TPSA) is 67.2 Å². The van der Waals surface area contributed by atoms with E-state index in [1.165, 1.54) is 0 Å². The zero-order valence-electron chi connectivity index (χ0n) is 10.6. The lowest BCUT2D eigenvalue weighted by atomic mass is 10.1. The van der Waals surface area contributed by atoms with Gasteiger partial charge in [-0.2, -0.15) is 5.10 Å². The number of aromatic nitrogens is 2. The van der Waals surface area contributed by atoms with Gasteiger partial charge >= 0.3 is 0 Å². The molecule has 0 spiro atoms. The van der Waals surface area contributed by atoms with E-state index < -0.39 is 0 Å². The first-order valence-corrected chi connectivity index (χ1v) is 5.58. The number of amides is 1. The number of anilines is 1. The largest absolute Gasteiger partial charge is 0.507 e. The lowest BCUT2D eigenvalue weighted by Gasteiger charge is -2.08. The number of aryl methyl sites for hydroxylation is 3. The first-order chi connectivity index (χ1) is 8.49. The normalized spacial score (nSPS) is 10.4. The highest BCUT2D eigenvalue weighted by molar-refractivity contribution is 6.04. The number of benzene rings is 1. The van der Waals surface area contributed by atoms with E-state index >= 15 is 0 Å². The summed E-state index contributed by atoms with van der Waals surface area (Å²) in [6, 6.07) is 5.04. The minimum absolute atomic E-state index is 0.218. The van der Waals surface area contributed by atoms with Gasteiger partial charge in [-0.1, -0.05) is 0 Å². The molecule has 0 radical (unpaired) electrons. The summed E-state index contributed by atoms with van der Waals surface area (Å²) in [7, 11) is 1.75. The Bertz CT molecular complexity index is 579. The fourth-order valence-electron chi connectivity index (χ4n) is 1.77. The fraction of sp³-hybridized carbons (Fsp3) is 0.231. The zero-order chi connectivity index (χ0) is 13.3. The van der Waals surface area contributed by atoms with Crippen LogP contribution in [0, 0.1) is 13.8 Å². The molecule has 0 aliphatic heterocycles. The molecular weight excluding hydrogens is 230 g/mol. The Labute approximate surface area is 105 Å². The van der Waals surface area contributed by atoms with E-state index in [0.29, 0.717) is 22.5 Å². The summed E-state index contributed by atoms with van der Waals surface area (Å²) in [4.78, 5) is 12.0. The molecule has 0 atom stereocenters. The van der Waals surface area contributed by atoms with Gasteiger partial charge in [-0.15, -0.1) is 0 Å². The van der Waals surface area contributed by atoms with Crippen LogP contribution in [-0.4, -0.2) is 20.8 Å². The zero-order valence-corrected chi connectivity index (χ0v) is 10.6. The van der Waals surface area contributed by atoms with Gasteiger partial charge in [-0.3, -0.25) is 9.48 Å². The molecule has 0 saturated carbocycles. The summed E-state index contributed by atoms with van der Waals surface area (Å²) in [5.74, 6) is 0.639. The standard InChI is InChI=1S/C13H15N3O2/c1-8-6-10(7-9(2)12(8)17)13(18)15-11-4-5-14-16(11)3/h4-7,17H,1-3H3,(H,15,18). The van der Waals surface area contributed by atoms with Gasteiger partial charge in [0.15, 0.2) is 0 Å². The van der Waals surface area contributed by atoms with Crippen molar-refractivity contribution in [3.05, 3.63) is 41.1 Å². The average molecular weight is 245 g/mol. The third kappa shape index (κ3) is 2.20. The van der Waals surface area contributed by atoms with Crippen molar-refractivity contribution in [1.29, 1.82) is 0 Å². The van der Waals surface area contributed by atoms with Gasteiger partial charge in [0.1, 0.15) is 11.6 Å². The molecule has 0 aliphatic carbocycles. The lowest BCUT2D eigenvalue weighted by Crippen LogP contribution is -2.14. The van der Waals surface area contributed by atoms with Crippen LogP contribution in [0.3, 0.4) is 0 Å². The van der Waals surface area contributed by atoms with Crippen molar-refractivity contribution in [3.63, 3.8) is 0 Å². The van der Waals surface area contributed by atoms with Crippen LogP contribution in [0.5, 0.6) is 5.75 Å². The summed E-state index contributed by atoms with van der Waals surface area (Å²) >= 11 is 0. The van der Waals surface area contributed by atoms with Gasteiger partial charge < -0.3 is 10.4 Å². The molecule has 0 unspecified atom stereocenters. The molecule has 5 heteroatoms. The molecule has 2 aromatic rings. The van der Waals surface area contributed by atoms with Gasteiger partial charge in [-0.05, 0) is 37.1 Å². The molecule has 2 rings (SSSR count). The molecule has 2 N–H and O–H groups in total. The van der Waals surface area contributed by atoms with Gasteiger partial charge in [0, 0.05) is 18.7 Å². The number of hydrogen-bond acceptors (Lipinski definition) is 3. The smallest absolute Gasteiger partial charge is 0.256 e. The molecule has 0 aliphatic rings. The summed E-state index contributed by atoms with van der Waals surface area (Å²) < 4.78 is 1.58. The van der Waals surface area contributed by atoms with Crippen LogP contribution in [-0.2, 0) is 7.05 Å². The highest BCUT2D eigenvalue weighted by Gasteiger charge is 2.11. The Hall–Kier alpha value is -2.30. The first-order valence-electron chi connectivity index (χ1n) is 5.58. The van der Waals surface area contributed by atoms with Gasteiger partial charge in [-0.25, -0.2) is 0 Å². The molecule has 0 fully saturated rings. The predicted molar refractivity (Wildman–Crippen MR) is 68.7 cm³/mol. The van der Waals surface area contributed by atoms with Crippen LogP contribution in [0.15, 0.2) is 24.4 Å². The Balaban J connectivity index is 2.27. The number of aromatic hydroxyl groups is 1. The van der Waals surface area contributed by atoms with Crippen molar-refractivity contribution in [2.75, 3.05) is 5.32 Å². The van der Waals surface area contributed by atoms with Crippen LogP contribution in [0.25, 0.3) is 0 Å². The van der Waals surface area contributed by atoms with E-state index in [1.807, 2.05) is 0 Å². The van der Waals surface area contributed by atoms with Crippen LogP contribution < -0.4 is 5.32 Å². The van der Waals surface area contributed by atoms with Crippen LogP contribution in [0.2, 0.25) is 0 Å². The molecule has 1 aromatic carbocycles. The monoisotopic (exact) mass is 245 g/mol. The van der Waals surface area contributed by atoms with Crippen molar-refractivity contribution in [1.82, 2.24) is 9.78 Å². The summed E-state index contributed by atoms with van der Waals surface area (Å²) in [5, 5.41) is 16.4. The Morgan fingerprint density at radius 1 is 1.33 bits per heavy atom. The van der Waals surface area contributed by atoms with Crippen molar-refractivity contribution in [2.45, 2.75) is 13.8 Å². The fourth-order valence-corrected chi connectivity index (χ4v) is 1.77. The van der Waals surface area contributed by atoms with Crippen LogP contribution in [0.4, 0.5) is 5.82 Å². The SMILES string of the molecule is Cc1cc(C(=O)Nc2ccnn2C)cc(C)c1O. The molecule has 18 heavy (non-hydrogen) atoms. The van der Waals surface area contributed by atoms with E-state index in [-0.39, 0.29) is 11.7 Å². The number of hydrogen-bond donors (Lipinski definition) is 2. The van der Waals surface area contributed by atoms with Gasteiger partial charge in [0.2, 0.25) is 0 Å². The highest BCUT2D eigenvalue weighted by Crippen LogP contribution is 2.23. The third-order valence-corrected chi connectivity index (χ3v) is 2.82. The van der Waals surface area contributed by atoms with Crippen molar-refractivity contribution in [2.24, 2.45) is 7.05 Å². The van der Waals surface area contributed by atoms with Crippen LogP contribution in [0.1, 0.15) is 21.5 Å². The Morgan fingerprint density at radius 3 is 2.44 bits per heavy atom. The third-order valence-electron chi connectivity index (χ3n) is 2.82. The quantitative estimate of drug-likeness (QED) is 0.850. The second-order valence-electron chi connectivity index (χ2n) is 4.25. The van der Waals surface area contributed by atoms with E-state index in [9.17, 15) is 9.90 Å². The molecule has 0 bridgehead atoms. The lowest BCUT2D eigenvalue weighted by molar-refractivity contribution is 0.102. The predicted octanol–water partition coefficient (Wildman–Crippen LogP) is 1.99. The number of nitrogens with one attached hydrogen (secondary N) is 1. The number of carbonyl (C=O) groups excluding carboxylic acids is 1. The molecule has 1 aromatic heterocycles. The number of rotatable bonds is 2. The maximum Gasteiger partial charge on any atom is 0.256 e. The second kappa shape index (κ2) is 4.52. The van der Waals surface area contributed by atoms with E-state index in [1.54, 1.807) is 50.0 Å². The van der Waals surface area contributed by atoms with E-state index in [2.05, 4.69) is 10.4 Å². The maximum absolute atomic E-state index is 12.0. The molecule has 0 saturated heterocycles. The summed E-state index contributed by atoms with van der Waals surface area (Å²) in [5.41, 5.74) is 1.89. The number of phenolic OH excluding ortho intramolecular Hbond substituents is 1. The summed E-state index contributed by atoms with van der Waals surface area (Å²) in [6.07, 6.45) is 1.61. The van der Waals surface area contributed by atoms with Crippen LogP contribution >= 0.6 is 0 Å². The Morgan fingerprint density at radius 2 is 1.94 bits per heavy atom. The van der Waals surface area contributed by atoms with E-state index in [0.717, 1.165) is 0 Å². The number of nitrogens with zero attached hydrogens (tertiary/aromatic N) is 2. The minimum Gasteiger partial charge on any atom is -0.507 e. The Kier molecular flexibility index (Phi) is 3.06. The second-order valence-corrected chi connectivity index (χ2v) is 4.25. The molecule has 1 heterocycles. The molecular formula is C13H15N3O2. The number of carbonyl (C=O) groups is 1. The average Bonchev–Trinajstić information content (AvgIpc) is 2.71. The number of phenols is 1. The van der Waals surface area contributed by atoms with Gasteiger partial charge in [0.05, 0.1) is 6.20 Å². The maximum atomic E-state index is 12.0. The molecule has 5 nitrogen and oxygen atoms in total. The summed E-state index contributed by atoms with van der Waals surface area (Å²) in [6.45, 7) is 3.53. The van der Waals surface area contributed by atoms with Gasteiger partial charge in [0.25, 0.3) is 5.91 Å². The van der Waals surface area contributed by atoms with Crippen molar-refractivity contribution < 1.29 is 9.90 Å². The van der Waals surface area contributed by atoms with Crippen molar-refractivity contribution >= 4 is 11.7 Å². The minimum atomic E-state index is -0.218. The van der Waals surface area contributed by atoms with E-state index in [4.69, 9.17) is 0 Å². The molecule has 94 valence electrons. The highest BCUT2D eigenvalue weighted by atomic mass is 16.3. The van der Waals surface area contributed by atoms with Crippen molar-refractivity contribution in [3.8, 4) is 5.75 Å².